The summed E-state index contributed by atoms with van der Waals surface area (Å²) in [5.41, 5.74) is 0.942. The highest BCUT2D eigenvalue weighted by Crippen LogP contribution is 2.25. The second-order valence-corrected chi connectivity index (χ2v) is 4.96. The minimum atomic E-state index is -0.316. The second-order valence-electron chi connectivity index (χ2n) is 4.96. The Hall–Kier alpha value is -1.42. The predicted octanol–water partition coefficient (Wildman–Crippen LogP) is 3.68. The van der Waals surface area contributed by atoms with Crippen LogP contribution in [0.25, 0.3) is 0 Å². The molecule has 0 aromatic heterocycles. The van der Waals surface area contributed by atoms with Crippen LogP contribution in [0.3, 0.4) is 0 Å². The maximum Gasteiger partial charge on any atom is 0.274 e. The maximum absolute atomic E-state index is 11.0. The van der Waals surface area contributed by atoms with Crippen molar-refractivity contribution in [3.05, 3.63) is 39.9 Å². The molecule has 0 radical (unpaired) electrons. The van der Waals surface area contributed by atoms with E-state index < -0.39 is 0 Å². The van der Waals surface area contributed by atoms with Crippen molar-refractivity contribution >= 4 is 5.69 Å². The molecule has 2 unspecified atom stereocenters. The van der Waals surface area contributed by atoms with Crippen molar-refractivity contribution in [3.8, 4) is 0 Å². The molecule has 1 aromatic rings. The van der Waals surface area contributed by atoms with Gasteiger partial charge < -0.3 is 5.32 Å². The first-order valence-corrected chi connectivity index (χ1v) is 6.46. The molecule has 0 aliphatic carbocycles. The molecule has 0 bridgehead atoms. The van der Waals surface area contributed by atoms with Gasteiger partial charge in [-0.05, 0) is 19.3 Å². The maximum atomic E-state index is 11.0. The number of nitro benzene ring substituents is 1. The minimum Gasteiger partial charge on any atom is -0.307 e. The highest BCUT2D eigenvalue weighted by Gasteiger charge is 2.21. The molecule has 0 amide bonds. The summed E-state index contributed by atoms with van der Waals surface area (Å²) in [6, 6.07) is 7.29. The topological polar surface area (TPSA) is 55.2 Å². The fourth-order valence-electron chi connectivity index (χ4n) is 2.21. The predicted molar refractivity (Wildman–Crippen MR) is 73.6 cm³/mol. The molecule has 1 rings (SSSR count). The van der Waals surface area contributed by atoms with Crippen LogP contribution in [0.1, 0.15) is 45.7 Å². The summed E-state index contributed by atoms with van der Waals surface area (Å²) in [7, 11) is 0. The Morgan fingerprint density at radius 3 is 2.39 bits per heavy atom. The standard InChI is InChI=1S/C14H22N2O2/c1-5-13(10(2)3)15-11(4)12-8-6-7-9-14(12)16(17)18/h6-11,13,15H,5H2,1-4H3. The average molecular weight is 250 g/mol. The van der Waals surface area contributed by atoms with Crippen molar-refractivity contribution in [1.29, 1.82) is 0 Å². The van der Waals surface area contributed by atoms with Gasteiger partial charge in [0.2, 0.25) is 0 Å². The Morgan fingerprint density at radius 1 is 1.28 bits per heavy atom. The Labute approximate surface area is 109 Å². The Kier molecular flexibility index (Phi) is 5.28. The third kappa shape index (κ3) is 3.53. The summed E-state index contributed by atoms with van der Waals surface area (Å²) in [6.07, 6.45) is 1.02. The van der Waals surface area contributed by atoms with Gasteiger partial charge in [-0.15, -0.1) is 0 Å². The van der Waals surface area contributed by atoms with Gasteiger partial charge in [0.15, 0.2) is 0 Å². The van der Waals surface area contributed by atoms with Crippen LogP contribution < -0.4 is 5.32 Å². The lowest BCUT2D eigenvalue weighted by Gasteiger charge is -2.25. The molecule has 100 valence electrons. The number of nitrogens with one attached hydrogen (secondary N) is 1. The molecule has 0 saturated carbocycles. The monoisotopic (exact) mass is 250 g/mol. The number of rotatable bonds is 6. The van der Waals surface area contributed by atoms with Crippen molar-refractivity contribution in [2.75, 3.05) is 0 Å². The fraction of sp³-hybridized carbons (Fsp3) is 0.571. The van der Waals surface area contributed by atoms with Crippen LogP contribution in [0.15, 0.2) is 24.3 Å². The van der Waals surface area contributed by atoms with Crippen LogP contribution >= 0.6 is 0 Å². The third-order valence-electron chi connectivity index (χ3n) is 3.31. The molecule has 4 heteroatoms. The van der Waals surface area contributed by atoms with E-state index in [1.807, 2.05) is 19.1 Å². The van der Waals surface area contributed by atoms with E-state index in [9.17, 15) is 10.1 Å². The summed E-state index contributed by atoms with van der Waals surface area (Å²) in [5, 5.41) is 14.5. The van der Waals surface area contributed by atoms with E-state index in [4.69, 9.17) is 0 Å². The highest BCUT2D eigenvalue weighted by molar-refractivity contribution is 5.41. The normalized spacial score (nSPS) is 14.5. The number of hydrogen-bond donors (Lipinski definition) is 1. The molecule has 0 aliphatic rings. The second kappa shape index (κ2) is 6.50. The van der Waals surface area contributed by atoms with E-state index in [-0.39, 0.29) is 16.7 Å². The van der Waals surface area contributed by atoms with Crippen molar-refractivity contribution in [3.63, 3.8) is 0 Å². The van der Waals surface area contributed by atoms with Gasteiger partial charge in [-0.2, -0.15) is 0 Å². The number of benzene rings is 1. The molecule has 18 heavy (non-hydrogen) atoms. The number of hydrogen-bond acceptors (Lipinski definition) is 3. The van der Waals surface area contributed by atoms with E-state index in [0.29, 0.717) is 12.0 Å². The zero-order valence-corrected chi connectivity index (χ0v) is 11.5. The van der Waals surface area contributed by atoms with Gasteiger partial charge in [0.1, 0.15) is 0 Å². The molecule has 0 aliphatic heterocycles. The molecule has 0 saturated heterocycles. The highest BCUT2D eigenvalue weighted by atomic mass is 16.6. The summed E-state index contributed by atoms with van der Waals surface area (Å²) < 4.78 is 0. The van der Waals surface area contributed by atoms with Crippen molar-refractivity contribution in [1.82, 2.24) is 5.32 Å². The van der Waals surface area contributed by atoms with Crippen molar-refractivity contribution < 1.29 is 4.92 Å². The fourth-order valence-corrected chi connectivity index (χ4v) is 2.21. The first kappa shape index (κ1) is 14.6. The summed E-state index contributed by atoms with van der Waals surface area (Å²) in [5.74, 6) is 0.514. The minimum absolute atomic E-state index is 0.0149. The van der Waals surface area contributed by atoms with E-state index in [2.05, 4.69) is 26.1 Å². The summed E-state index contributed by atoms with van der Waals surface area (Å²) in [4.78, 5) is 10.7. The Morgan fingerprint density at radius 2 is 1.89 bits per heavy atom. The number of para-hydroxylation sites is 1. The third-order valence-corrected chi connectivity index (χ3v) is 3.31. The molecular weight excluding hydrogens is 228 g/mol. The first-order valence-electron chi connectivity index (χ1n) is 6.46. The lowest BCUT2D eigenvalue weighted by molar-refractivity contribution is -0.385. The van der Waals surface area contributed by atoms with Crippen LogP contribution in [0.2, 0.25) is 0 Å². The molecule has 4 nitrogen and oxygen atoms in total. The van der Waals surface area contributed by atoms with Crippen LogP contribution in [0.5, 0.6) is 0 Å². The van der Waals surface area contributed by atoms with Crippen LogP contribution in [-0.2, 0) is 0 Å². The first-order chi connectivity index (χ1) is 8.47. The zero-order chi connectivity index (χ0) is 13.7. The summed E-state index contributed by atoms with van der Waals surface area (Å²) >= 11 is 0. The number of nitrogens with zero attached hydrogens (tertiary/aromatic N) is 1. The summed E-state index contributed by atoms with van der Waals surface area (Å²) in [6.45, 7) is 8.43. The largest absolute Gasteiger partial charge is 0.307 e. The molecule has 2 atom stereocenters. The SMILES string of the molecule is CCC(NC(C)c1ccccc1[N+](=O)[O-])C(C)C. The Bertz CT molecular complexity index is 405. The van der Waals surface area contributed by atoms with E-state index in [1.54, 1.807) is 12.1 Å². The van der Waals surface area contributed by atoms with Crippen molar-refractivity contribution in [2.45, 2.75) is 46.2 Å². The molecular formula is C14H22N2O2. The van der Waals surface area contributed by atoms with Gasteiger partial charge in [-0.1, -0.05) is 39.0 Å². The van der Waals surface area contributed by atoms with Gasteiger partial charge in [-0.25, -0.2) is 0 Å². The van der Waals surface area contributed by atoms with Gasteiger partial charge in [-0.3, -0.25) is 10.1 Å². The quantitative estimate of drug-likeness (QED) is 0.619. The van der Waals surface area contributed by atoms with Gasteiger partial charge >= 0.3 is 0 Å². The molecule has 1 N–H and O–H groups in total. The lowest BCUT2D eigenvalue weighted by Crippen LogP contribution is -2.35. The van der Waals surface area contributed by atoms with E-state index in [1.165, 1.54) is 0 Å². The van der Waals surface area contributed by atoms with Crippen LogP contribution in [0, 0.1) is 16.0 Å². The van der Waals surface area contributed by atoms with Gasteiger partial charge in [0.05, 0.1) is 4.92 Å². The molecule has 0 spiro atoms. The Balaban J connectivity index is 2.90. The van der Waals surface area contributed by atoms with Crippen LogP contribution in [0.4, 0.5) is 5.69 Å². The molecule has 0 heterocycles. The zero-order valence-electron chi connectivity index (χ0n) is 11.5. The number of nitro groups is 1. The van der Waals surface area contributed by atoms with E-state index in [0.717, 1.165) is 12.0 Å². The van der Waals surface area contributed by atoms with Gasteiger partial charge in [0.25, 0.3) is 5.69 Å². The smallest absolute Gasteiger partial charge is 0.274 e. The van der Waals surface area contributed by atoms with Gasteiger partial charge in [0, 0.05) is 23.7 Å². The van der Waals surface area contributed by atoms with Crippen molar-refractivity contribution in [2.24, 2.45) is 5.92 Å². The lowest BCUT2D eigenvalue weighted by atomic mass is 9.98. The van der Waals surface area contributed by atoms with Crippen LogP contribution in [-0.4, -0.2) is 11.0 Å². The average Bonchev–Trinajstić information content (AvgIpc) is 2.35. The molecule has 0 fully saturated rings. The molecule has 1 aromatic carbocycles. The van der Waals surface area contributed by atoms with E-state index >= 15 is 0 Å².